The molecule has 3 N–H and O–H groups in total. The van der Waals surface area contributed by atoms with Crippen LogP contribution in [-0.2, 0) is 21.2 Å². The smallest absolute Gasteiger partial charge is 0.295 e. The fourth-order valence-electron chi connectivity index (χ4n) is 5.46. The van der Waals surface area contributed by atoms with Crippen LogP contribution in [0.2, 0.25) is 0 Å². The number of nitroso groups, excluding NO2 is 1. The van der Waals surface area contributed by atoms with E-state index in [1.54, 1.807) is 12.1 Å². The van der Waals surface area contributed by atoms with Gasteiger partial charge >= 0.3 is 0 Å². The zero-order chi connectivity index (χ0) is 24.4. The van der Waals surface area contributed by atoms with Gasteiger partial charge in [-0.1, -0.05) is 31.2 Å². The Balaban J connectivity index is 1.30. The lowest BCUT2D eigenvalue weighted by Gasteiger charge is -2.16. The van der Waals surface area contributed by atoms with Crippen molar-refractivity contribution in [3.63, 3.8) is 0 Å². The Hall–Kier alpha value is -3.42. The maximum absolute atomic E-state index is 14.9. The first-order valence-electron chi connectivity index (χ1n) is 10.9. The summed E-state index contributed by atoms with van der Waals surface area (Å²) in [5, 5.41) is 17.3. The van der Waals surface area contributed by atoms with Gasteiger partial charge in [-0.2, -0.15) is 5.26 Å². The third-order valence-electron chi connectivity index (χ3n) is 7.14. The van der Waals surface area contributed by atoms with Crippen molar-refractivity contribution in [1.29, 1.82) is 5.26 Å². The van der Waals surface area contributed by atoms with Crippen LogP contribution in [0, 0.1) is 39.8 Å². The molecule has 34 heavy (non-hydrogen) atoms. The topological polar surface area (TPSA) is 133 Å². The van der Waals surface area contributed by atoms with E-state index < -0.39 is 33.8 Å². The predicted octanol–water partition coefficient (Wildman–Crippen LogP) is 2.39. The van der Waals surface area contributed by atoms with E-state index in [1.807, 2.05) is 6.07 Å². The van der Waals surface area contributed by atoms with Gasteiger partial charge in [0.25, 0.3) is 11.9 Å². The number of nitrogens with two attached hydrogens (primary N) is 1. The van der Waals surface area contributed by atoms with Crippen molar-refractivity contribution in [3.05, 3.63) is 70.0 Å². The first-order valence-corrected chi connectivity index (χ1v) is 12.5. The third kappa shape index (κ3) is 3.61. The minimum atomic E-state index is -3.90. The van der Waals surface area contributed by atoms with Crippen LogP contribution < -0.4 is 10.5 Å². The molecule has 174 valence electrons. The number of halogens is 1. The lowest BCUT2D eigenvalue weighted by Crippen LogP contribution is -2.47. The molecule has 2 aromatic rings. The van der Waals surface area contributed by atoms with Gasteiger partial charge in [-0.25, -0.2) is 17.9 Å². The molecule has 0 spiro atoms. The van der Waals surface area contributed by atoms with E-state index in [1.165, 1.54) is 30.3 Å². The standard InChI is InChI=1S/C24H21FN4O4S/c1-12-21-18-10-20(22(12)21)29(31)23(18)24(30)28-16(11-26)7-15-6-5-14(9-19(15)25)13-3-2-4-17(8-13)34(27,32)33/h2-6,8-9,12,16,18,21,23H,7,10H2,1H3,(H2-,27,28,30,32,33)/p+1. The molecule has 2 aliphatic carbocycles. The van der Waals surface area contributed by atoms with Gasteiger partial charge in [-0.3, -0.25) is 4.79 Å². The quantitative estimate of drug-likeness (QED) is 0.611. The Labute approximate surface area is 195 Å². The number of amides is 1. The Bertz CT molecular complexity index is 1430. The highest BCUT2D eigenvalue weighted by atomic mass is 32.2. The lowest BCUT2D eigenvalue weighted by atomic mass is 9.94. The van der Waals surface area contributed by atoms with Crippen LogP contribution in [0.1, 0.15) is 18.9 Å². The van der Waals surface area contributed by atoms with Crippen molar-refractivity contribution in [1.82, 2.24) is 5.32 Å². The van der Waals surface area contributed by atoms with Gasteiger partial charge in [0.1, 0.15) is 11.9 Å². The fourth-order valence-corrected chi connectivity index (χ4v) is 6.02. The van der Waals surface area contributed by atoms with Crippen LogP contribution in [0.25, 0.3) is 11.1 Å². The molecule has 5 unspecified atom stereocenters. The van der Waals surface area contributed by atoms with E-state index in [2.05, 4.69) is 12.2 Å². The van der Waals surface area contributed by atoms with Crippen molar-refractivity contribution in [2.45, 2.75) is 36.7 Å². The molecule has 8 nitrogen and oxygen atoms in total. The van der Waals surface area contributed by atoms with E-state index >= 15 is 0 Å². The summed E-state index contributed by atoms with van der Waals surface area (Å²) in [6, 6.07) is 10.3. The lowest BCUT2D eigenvalue weighted by molar-refractivity contribution is -0.516. The average Bonchev–Trinajstić information content (AvgIpc) is 3.14. The zero-order valence-corrected chi connectivity index (χ0v) is 19.0. The molecular weight excluding hydrogens is 459 g/mol. The maximum atomic E-state index is 14.9. The predicted molar refractivity (Wildman–Crippen MR) is 120 cm³/mol. The Morgan fingerprint density at radius 1 is 1.29 bits per heavy atom. The number of allylic oxidation sites excluding steroid dienone is 2. The molecule has 0 aromatic heterocycles. The van der Waals surface area contributed by atoms with Crippen LogP contribution in [0.3, 0.4) is 0 Å². The molecule has 1 heterocycles. The monoisotopic (exact) mass is 481 g/mol. The number of nitrogens with zero attached hydrogens (tertiary/aromatic N) is 2. The molecule has 5 atom stereocenters. The largest absolute Gasteiger partial charge is 0.334 e. The summed E-state index contributed by atoms with van der Waals surface area (Å²) in [5.74, 6) is -0.528. The number of hydrogen-bond acceptors (Lipinski definition) is 5. The minimum absolute atomic E-state index is 0.0547. The number of primary sulfonamides is 1. The van der Waals surface area contributed by atoms with Gasteiger partial charge < -0.3 is 5.32 Å². The second kappa shape index (κ2) is 7.82. The van der Waals surface area contributed by atoms with Crippen LogP contribution in [-0.4, -0.2) is 31.2 Å². The second-order valence-corrected chi connectivity index (χ2v) is 10.7. The number of rotatable bonds is 6. The fraction of sp³-hybridized carbons (Fsp3) is 0.333. The number of sulfonamides is 1. The number of carbonyl (C=O) groups excluding carboxylic acids is 1. The van der Waals surface area contributed by atoms with E-state index in [0.29, 0.717) is 29.2 Å². The highest BCUT2D eigenvalue weighted by Gasteiger charge is 2.70. The van der Waals surface area contributed by atoms with Gasteiger partial charge in [-0.05, 0) is 40.8 Å². The van der Waals surface area contributed by atoms with Crippen molar-refractivity contribution in [2.75, 3.05) is 0 Å². The van der Waals surface area contributed by atoms with Crippen molar-refractivity contribution in [2.24, 2.45) is 22.9 Å². The number of fused-ring (bicyclic) bond motifs is 4. The van der Waals surface area contributed by atoms with Crippen molar-refractivity contribution in [3.8, 4) is 17.2 Å². The molecule has 1 saturated carbocycles. The molecule has 1 aliphatic heterocycles. The molecular formula is C24H22FN4O4S+. The Morgan fingerprint density at radius 2 is 2.03 bits per heavy atom. The van der Waals surface area contributed by atoms with Crippen LogP contribution in [0.4, 0.5) is 4.39 Å². The average molecular weight is 482 g/mol. The van der Waals surface area contributed by atoms with Gasteiger partial charge in [0.15, 0.2) is 0 Å². The highest BCUT2D eigenvalue weighted by Crippen LogP contribution is 2.64. The molecule has 1 saturated heterocycles. The van der Waals surface area contributed by atoms with E-state index in [0.717, 1.165) is 10.3 Å². The van der Waals surface area contributed by atoms with Crippen LogP contribution >= 0.6 is 0 Å². The zero-order valence-electron chi connectivity index (χ0n) is 18.2. The van der Waals surface area contributed by atoms with E-state index in [9.17, 15) is 27.8 Å². The van der Waals surface area contributed by atoms with Crippen molar-refractivity contribution < 1.29 is 22.4 Å². The summed E-state index contributed by atoms with van der Waals surface area (Å²) in [7, 11) is -3.90. The van der Waals surface area contributed by atoms with Crippen molar-refractivity contribution >= 4 is 15.9 Å². The number of nitriles is 1. The molecule has 2 aromatic carbocycles. The summed E-state index contributed by atoms with van der Waals surface area (Å²) in [6.45, 7) is 2.05. The minimum Gasteiger partial charge on any atom is -0.334 e. The number of carbonyl (C=O) groups is 1. The normalized spacial score (nSPS) is 25.6. The number of hydrogen-bond donors (Lipinski definition) is 2. The molecule has 2 fully saturated rings. The first-order chi connectivity index (χ1) is 16.1. The third-order valence-corrected chi connectivity index (χ3v) is 8.05. The summed E-state index contributed by atoms with van der Waals surface area (Å²) in [4.78, 5) is 25.3. The summed E-state index contributed by atoms with van der Waals surface area (Å²) in [5.41, 5.74) is 3.00. The van der Waals surface area contributed by atoms with Crippen LogP contribution in [0.5, 0.6) is 0 Å². The molecule has 1 amide bonds. The SMILES string of the molecule is CC1C2=C3CC(C21)C(C(=O)NC(C#N)Cc1ccc(-c2cccc(S(N)(=O)=O)c2)cc1F)[N+]3=O. The van der Waals surface area contributed by atoms with Gasteiger partial charge in [0, 0.05) is 34.0 Å². The summed E-state index contributed by atoms with van der Waals surface area (Å²) >= 11 is 0. The summed E-state index contributed by atoms with van der Waals surface area (Å²) < 4.78 is 38.8. The van der Waals surface area contributed by atoms with Gasteiger partial charge in [-0.15, -0.1) is 0 Å². The van der Waals surface area contributed by atoms with Gasteiger partial charge in [0.2, 0.25) is 15.7 Å². The molecule has 0 radical (unpaired) electrons. The number of benzene rings is 2. The van der Waals surface area contributed by atoms with E-state index in [-0.39, 0.29) is 28.7 Å². The van der Waals surface area contributed by atoms with Gasteiger partial charge in [0.05, 0.1) is 16.9 Å². The molecule has 5 rings (SSSR count). The molecule has 3 aliphatic rings. The van der Waals surface area contributed by atoms with Crippen LogP contribution in [0.15, 0.2) is 58.6 Å². The molecule has 10 heteroatoms. The maximum Gasteiger partial charge on any atom is 0.295 e. The number of nitrogens with one attached hydrogen (secondary N) is 1. The second-order valence-electron chi connectivity index (χ2n) is 9.13. The molecule has 2 bridgehead atoms. The van der Waals surface area contributed by atoms with E-state index in [4.69, 9.17) is 5.14 Å². The summed E-state index contributed by atoms with van der Waals surface area (Å²) in [6.07, 6.45) is 0.529. The highest BCUT2D eigenvalue weighted by molar-refractivity contribution is 7.89. The Kier molecular flexibility index (Phi) is 5.15. The Morgan fingerprint density at radius 3 is 2.71 bits per heavy atom. The first kappa shape index (κ1) is 22.4.